The largest absolute Gasteiger partial charge is 0.299 e. The Labute approximate surface area is 232 Å². The zero-order valence-corrected chi connectivity index (χ0v) is 22.4. The fraction of sp³-hybridized carbons (Fsp3) is 0.219. The summed E-state index contributed by atoms with van der Waals surface area (Å²) in [7, 11) is 0. The van der Waals surface area contributed by atoms with Gasteiger partial charge in [-0.2, -0.15) is 5.10 Å². The van der Waals surface area contributed by atoms with Crippen molar-refractivity contribution in [3.8, 4) is 33.9 Å². The highest BCUT2D eigenvalue weighted by Crippen LogP contribution is 2.32. The minimum atomic E-state index is 0.371. The van der Waals surface area contributed by atoms with E-state index < -0.39 is 0 Å². The molecule has 1 aliphatic heterocycles. The fourth-order valence-corrected chi connectivity index (χ4v) is 5.53. The van der Waals surface area contributed by atoms with Gasteiger partial charge in [-0.05, 0) is 56.1 Å². The Morgan fingerprint density at radius 1 is 0.850 bits per heavy atom. The van der Waals surface area contributed by atoms with Gasteiger partial charge in [-0.15, -0.1) is 0 Å². The summed E-state index contributed by atoms with van der Waals surface area (Å²) in [6, 6.07) is 25.1. The Bertz CT molecular complexity index is 1730. The molecule has 8 heteroatoms. The fourth-order valence-electron chi connectivity index (χ4n) is 5.53. The average molecular weight is 527 g/mol. The van der Waals surface area contributed by atoms with E-state index in [1.807, 2.05) is 30.5 Å². The topological polar surface area (TPSA) is 87.9 Å². The summed E-state index contributed by atoms with van der Waals surface area (Å²) in [5.41, 5.74) is 7.49. The van der Waals surface area contributed by atoms with Crippen molar-refractivity contribution >= 4 is 5.78 Å². The van der Waals surface area contributed by atoms with E-state index in [0.717, 1.165) is 83.7 Å². The number of pyridine rings is 1. The highest BCUT2D eigenvalue weighted by Gasteiger charge is 2.24. The Hall–Kier alpha value is -4.69. The molecule has 1 aliphatic rings. The third-order valence-corrected chi connectivity index (χ3v) is 7.77. The van der Waals surface area contributed by atoms with E-state index in [-0.39, 0.29) is 0 Å². The standard InChI is InChI=1S/C32H30N8/c1-22-19-34-32-35-29(27(21-40(22)32)24-7-3-2-4-8-24)25-12-10-23(11-13-25)20-39-17-14-26(15-18-39)30-36-31(38-37-30)28-9-5-6-16-33-28/h2-13,16,19,21,26H,14-15,17-18,20H2,1H3,(H,36,37,38). The van der Waals surface area contributed by atoms with Crippen LogP contribution in [0, 0.1) is 6.92 Å². The highest BCUT2D eigenvalue weighted by molar-refractivity contribution is 5.81. The van der Waals surface area contributed by atoms with Gasteiger partial charge < -0.3 is 0 Å². The molecule has 40 heavy (non-hydrogen) atoms. The molecule has 0 radical (unpaired) electrons. The van der Waals surface area contributed by atoms with Crippen molar-refractivity contribution in [3.05, 3.63) is 108 Å². The molecule has 0 aliphatic carbocycles. The Morgan fingerprint density at radius 3 is 2.42 bits per heavy atom. The van der Waals surface area contributed by atoms with Crippen LogP contribution >= 0.6 is 0 Å². The number of nitrogens with zero attached hydrogens (tertiary/aromatic N) is 7. The van der Waals surface area contributed by atoms with Crippen LogP contribution in [0.5, 0.6) is 0 Å². The van der Waals surface area contributed by atoms with Crippen LogP contribution in [0.4, 0.5) is 0 Å². The number of aryl methyl sites for hydroxylation is 1. The van der Waals surface area contributed by atoms with Gasteiger partial charge >= 0.3 is 0 Å². The lowest BCUT2D eigenvalue weighted by Crippen LogP contribution is -2.32. The molecule has 0 saturated carbocycles. The van der Waals surface area contributed by atoms with Gasteiger partial charge in [0.15, 0.2) is 11.6 Å². The molecule has 0 amide bonds. The average Bonchev–Trinajstić information content (AvgIpc) is 3.65. The summed E-state index contributed by atoms with van der Waals surface area (Å²) < 4.78 is 2.06. The third-order valence-electron chi connectivity index (χ3n) is 7.77. The van der Waals surface area contributed by atoms with Crippen molar-refractivity contribution in [2.24, 2.45) is 0 Å². The molecule has 1 saturated heterocycles. The van der Waals surface area contributed by atoms with E-state index in [4.69, 9.17) is 9.97 Å². The second-order valence-electron chi connectivity index (χ2n) is 10.4. The van der Waals surface area contributed by atoms with Gasteiger partial charge in [0.1, 0.15) is 5.69 Å². The number of hydrogen-bond acceptors (Lipinski definition) is 6. The lowest BCUT2D eigenvalue weighted by atomic mass is 9.95. The summed E-state index contributed by atoms with van der Waals surface area (Å²) >= 11 is 0. The number of nitrogens with one attached hydrogen (secondary N) is 1. The maximum atomic E-state index is 4.97. The number of fused-ring (bicyclic) bond motifs is 1. The molecular formula is C32H30N8. The zero-order valence-electron chi connectivity index (χ0n) is 22.4. The quantitative estimate of drug-likeness (QED) is 0.289. The second kappa shape index (κ2) is 10.5. The molecule has 0 atom stereocenters. The number of aromatic nitrogens is 7. The number of rotatable bonds is 6. The van der Waals surface area contributed by atoms with E-state index in [1.165, 1.54) is 5.56 Å². The first-order chi connectivity index (χ1) is 19.7. The summed E-state index contributed by atoms with van der Waals surface area (Å²) in [6.07, 6.45) is 7.90. The molecule has 2 aromatic carbocycles. The van der Waals surface area contributed by atoms with E-state index in [1.54, 1.807) is 6.20 Å². The van der Waals surface area contributed by atoms with Gasteiger partial charge in [0.2, 0.25) is 5.78 Å². The second-order valence-corrected chi connectivity index (χ2v) is 10.4. The van der Waals surface area contributed by atoms with E-state index >= 15 is 0 Å². The number of aromatic amines is 1. The number of hydrogen-bond donors (Lipinski definition) is 1. The van der Waals surface area contributed by atoms with Crippen LogP contribution in [0.15, 0.2) is 91.4 Å². The third kappa shape index (κ3) is 4.78. The minimum Gasteiger partial charge on any atom is -0.299 e. The highest BCUT2D eigenvalue weighted by atomic mass is 15.2. The summed E-state index contributed by atoms with van der Waals surface area (Å²) in [5.74, 6) is 2.73. The number of likely N-dealkylation sites (tertiary alicyclic amines) is 1. The number of H-pyrrole nitrogens is 1. The molecule has 8 nitrogen and oxygen atoms in total. The van der Waals surface area contributed by atoms with Gasteiger partial charge in [0, 0.05) is 41.7 Å². The van der Waals surface area contributed by atoms with Crippen LogP contribution in [0.25, 0.3) is 39.7 Å². The van der Waals surface area contributed by atoms with E-state index in [0.29, 0.717) is 5.92 Å². The number of piperidine rings is 1. The van der Waals surface area contributed by atoms with Crippen LogP contribution < -0.4 is 0 Å². The van der Waals surface area contributed by atoms with E-state index in [9.17, 15) is 0 Å². The van der Waals surface area contributed by atoms with Gasteiger partial charge in [-0.25, -0.2) is 15.0 Å². The molecule has 5 heterocycles. The smallest absolute Gasteiger partial charge is 0.234 e. The lowest BCUT2D eigenvalue weighted by molar-refractivity contribution is 0.202. The number of imidazole rings is 1. The first-order valence-corrected chi connectivity index (χ1v) is 13.8. The maximum absolute atomic E-state index is 4.97. The molecule has 0 spiro atoms. The monoisotopic (exact) mass is 526 g/mol. The summed E-state index contributed by atoms with van der Waals surface area (Å²) in [6.45, 7) is 5.03. The summed E-state index contributed by atoms with van der Waals surface area (Å²) in [5, 5.41) is 7.57. The van der Waals surface area contributed by atoms with Crippen molar-refractivity contribution in [2.75, 3.05) is 13.1 Å². The van der Waals surface area contributed by atoms with Crippen LogP contribution in [-0.2, 0) is 6.54 Å². The van der Waals surface area contributed by atoms with Crippen molar-refractivity contribution in [1.29, 1.82) is 0 Å². The molecular weight excluding hydrogens is 496 g/mol. The van der Waals surface area contributed by atoms with Crippen LogP contribution in [0.3, 0.4) is 0 Å². The predicted molar refractivity (Wildman–Crippen MR) is 155 cm³/mol. The number of benzene rings is 2. The van der Waals surface area contributed by atoms with Crippen LogP contribution in [0.2, 0.25) is 0 Å². The zero-order chi connectivity index (χ0) is 26.9. The molecule has 6 aromatic rings. The molecule has 0 unspecified atom stereocenters. The van der Waals surface area contributed by atoms with Gasteiger partial charge in [-0.3, -0.25) is 19.4 Å². The first-order valence-electron chi connectivity index (χ1n) is 13.8. The molecule has 0 bridgehead atoms. The molecule has 198 valence electrons. The Balaban J connectivity index is 1.05. The van der Waals surface area contributed by atoms with Gasteiger partial charge in [0.05, 0.1) is 11.9 Å². The van der Waals surface area contributed by atoms with Gasteiger partial charge in [-0.1, -0.05) is 60.7 Å². The van der Waals surface area contributed by atoms with Crippen LogP contribution in [-0.4, -0.2) is 52.5 Å². The Kier molecular flexibility index (Phi) is 6.37. The van der Waals surface area contributed by atoms with Crippen molar-refractivity contribution in [2.45, 2.75) is 32.2 Å². The SMILES string of the molecule is Cc1cnc2nc(-c3ccc(CN4CCC(c5n[nH]c(-c6ccccn6)n5)CC4)cc3)c(-c3ccccc3)cn12. The normalized spacial score (nSPS) is 14.6. The first kappa shape index (κ1) is 24.4. The van der Waals surface area contributed by atoms with Crippen molar-refractivity contribution in [1.82, 2.24) is 39.4 Å². The maximum Gasteiger partial charge on any atom is 0.234 e. The van der Waals surface area contributed by atoms with Crippen molar-refractivity contribution < 1.29 is 0 Å². The minimum absolute atomic E-state index is 0.371. The molecule has 1 N–H and O–H groups in total. The lowest BCUT2D eigenvalue weighted by Gasteiger charge is -2.30. The van der Waals surface area contributed by atoms with Crippen molar-refractivity contribution in [3.63, 3.8) is 0 Å². The molecule has 1 fully saturated rings. The van der Waals surface area contributed by atoms with Gasteiger partial charge in [0.25, 0.3) is 0 Å². The molecule has 7 rings (SSSR count). The Morgan fingerprint density at radius 2 is 1.65 bits per heavy atom. The molecule has 4 aromatic heterocycles. The van der Waals surface area contributed by atoms with Crippen LogP contribution in [0.1, 0.15) is 35.8 Å². The summed E-state index contributed by atoms with van der Waals surface area (Å²) in [4.78, 5) is 21.1. The van der Waals surface area contributed by atoms with E-state index in [2.05, 4.69) is 91.1 Å². The predicted octanol–water partition coefficient (Wildman–Crippen LogP) is 5.93.